The number of methoxy groups -OCH3 is 1. The largest absolute Gasteiger partial charge is 0.481 e. The van der Waals surface area contributed by atoms with E-state index >= 15 is 0 Å². The molecule has 1 aromatic heterocycles. The van der Waals surface area contributed by atoms with E-state index in [1.165, 1.54) is 12.0 Å². The maximum absolute atomic E-state index is 13.4. The molecule has 0 spiro atoms. The maximum atomic E-state index is 13.4. The molecule has 39 heavy (non-hydrogen) atoms. The summed E-state index contributed by atoms with van der Waals surface area (Å²) in [6, 6.07) is 5.59. The van der Waals surface area contributed by atoms with Gasteiger partial charge in [-0.25, -0.2) is 14.6 Å². The summed E-state index contributed by atoms with van der Waals surface area (Å²) in [4.78, 5) is 31.1. The van der Waals surface area contributed by atoms with Crippen LogP contribution >= 0.6 is 15.9 Å². The number of amides is 1. The van der Waals surface area contributed by atoms with Crippen molar-refractivity contribution in [1.82, 2.24) is 9.88 Å². The van der Waals surface area contributed by atoms with Gasteiger partial charge in [0.05, 0.1) is 37.5 Å². The first-order valence-corrected chi connectivity index (χ1v) is 13.0. The van der Waals surface area contributed by atoms with E-state index in [0.29, 0.717) is 16.2 Å². The van der Waals surface area contributed by atoms with Crippen LogP contribution in [0.2, 0.25) is 0 Å². The van der Waals surface area contributed by atoms with Crippen molar-refractivity contribution in [2.45, 2.75) is 71.7 Å². The molecule has 2 heterocycles. The monoisotopic (exact) mass is 616 g/mol. The van der Waals surface area contributed by atoms with Crippen molar-refractivity contribution in [2.24, 2.45) is 11.3 Å². The standard InChI is InChI=1S/C27H32BrF3N2O6/c1-14(2)39-25(36)33-20(17-9-7-8-10-18(17)28)22(19(26(3,4)5)21(33)24(34)35)38-13-15-11-16(27(29,30)31)12-32-23(15)37-6/h7-12,14,19-22H,13H2,1-6H3,(H,34,35)/t19-,20+,21+,22+/m1/s1. The van der Waals surface area contributed by atoms with Crippen molar-refractivity contribution >= 4 is 28.0 Å². The highest BCUT2D eigenvalue weighted by Crippen LogP contribution is 2.51. The number of carboxylic acids is 1. The van der Waals surface area contributed by atoms with E-state index in [9.17, 15) is 27.9 Å². The van der Waals surface area contributed by atoms with Crippen molar-refractivity contribution < 1.29 is 42.1 Å². The maximum Gasteiger partial charge on any atom is 0.417 e. The van der Waals surface area contributed by atoms with Gasteiger partial charge in [-0.3, -0.25) is 4.90 Å². The van der Waals surface area contributed by atoms with Crippen LogP contribution in [0, 0.1) is 11.3 Å². The molecule has 214 valence electrons. The second kappa shape index (κ2) is 11.7. The van der Waals surface area contributed by atoms with Crippen LogP contribution in [-0.2, 0) is 27.1 Å². The highest BCUT2D eigenvalue weighted by atomic mass is 79.9. The summed E-state index contributed by atoms with van der Waals surface area (Å²) in [5, 5.41) is 10.4. The van der Waals surface area contributed by atoms with Crippen LogP contribution < -0.4 is 4.74 Å². The van der Waals surface area contributed by atoms with Gasteiger partial charge < -0.3 is 19.3 Å². The quantitative estimate of drug-likeness (QED) is 0.380. The molecule has 1 N–H and O–H groups in total. The number of benzene rings is 1. The molecule has 2 aromatic rings. The number of halogens is 4. The third-order valence-electron chi connectivity index (χ3n) is 6.51. The lowest BCUT2D eigenvalue weighted by Gasteiger charge is -2.34. The first-order valence-electron chi connectivity index (χ1n) is 12.3. The Morgan fingerprint density at radius 2 is 1.82 bits per heavy atom. The number of hydrogen-bond donors (Lipinski definition) is 1. The molecule has 1 amide bonds. The van der Waals surface area contributed by atoms with Crippen LogP contribution in [0.1, 0.15) is 57.4 Å². The Morgan fingerprint density at radius 1 is 1.18 bits per heavy atom. The molecular formula is C27H32BrF3N2O6. The first-order chi connectivity index (χ1) is 18.1. The average Bonchev–Trinajstić information content (AvgIpc) is 3.17. The fourth-order valence-corrected chi connectivity index (χ4v) is 5.49. The molecule has 0 unspecified atom stereocenters. The van der Waals surface area contributed by atoms with Crippen molar-refractivity contribution in [1.29, 1.82) is 0 Å². The molecule has 1 aliphatic heterocycles. The summed E-state index contributed by atoms with van der Waals surface area (Å²) in [6.07, 6.45) is -6.29. The highest BCUT2D eigenvalue weighted by Gasteiger charge is 2.59. The highest BCUT2D eigenvalue weighted by molar-refractivity contribution is 9.10. The Morgan fingerprint density at radius 3 is 2.33 bits per heavy atom. The number of ether oxygens (including phenoxy) is 3. The lowest BCUT2D eigenvalue weighted by atomic mass is 9.73. The summed E-state index contributed by atoms with van der Waals surface area (Å²) in [6.45, 7) is 8.40. The van der Waals surface area contributed by atoms with Crippen LogP contribution in [0.3, 0.4) is 0 Å². The zero-order valence-electron chi connectivity index (χ0n) is 22.5. The molecule has 12 heteroatoms. The number of carbonyl (C=O) groups is 2. The van der Waals surface area contributed by atoms with Crippen LogP contribution in [0.25, 0.3) is 0 Å². The van der Waals surface area contributed by atoms with E-state index in [2.05, 4.69) is 20.9 Å². The number of nitrogens with zero attached hydrogens (tertiary/aromatic N) is 2. The summed E-state index contributed by atoms with van der Waals surface area (Å²) in [5.41, 5.74) is -1.10. The number of pyridine rings is 1. The van der Waals surface area contributed by atoms with Gasteiger partial charge in [0, 0.05) is 22.2 Å². The van der Waals surface area contributed by atoms with Gasteiger partial charge in [-0.15, -0.1) is 0 Å². The SMILES string of the molecule is COc1ncc(C(F)(F)F)cc1CO[C@H]1[C@H](C(C)(C)C)[C@@H](C(=O)O)N(C(=O)OC(C)C)[C@H]1c1ccccc1Br. The van der Waals surface area contributed by atoms with E-state index in [1.54, 1.807) is 38.1 Å². The van der Waals surface area contributed by atoms with E-state index in [1.807, 2.05) is 20.8 Å². The van der Waals surface area contributed by atoms with Gasteiger partial charge >= 0.3 is 18.2 Å². The number of carboxylic acid groups (broad SMARTS) is 1. The normalized spacial score (nSPS) is 21.8. The van der Waals surface area contributed by atoms with Crippen LogP contribution in [0.5, 0.6) is 5.88 Å². The van der Waals surface area contributed by atoms with E-state index in [4.69, 9.17) is 14.2 Å². The lowest BCUT2D eigenvalue weighted by molar-refractivity contribution is -0.145. The molecule has 4 atom stereocenters. The Balaban J connectivity index is 2.18. The molecule has 8 nitrogen and oxygen atoms in total. The van der Waals surface area contributed by atoms with Crippen molar-refractivity contribution in [3.8, 4) is 5.88 Å². The van der Waals surface area contributed by atoms with Crippen molar-refractivity contribution in [3.05, 3.63) is 57.7 Å². The predicted molar refractivity (Wildman–Crippen MR) is 139 cm³/mol. The number of hydrogen-bond acceptors (Lipinski definition) is 6. The third kappa shape index (κ3) is 6.66. The van der Waals surface area contributed by atoms with Crippen molar-refractivity contribution in [3.63, 3.8) is 0 Å². The van der Waals surface area contributed by atoms with E-state index < -0.39 is 59.4 Å². The first kappa shape index (κ1) is 30.7. The Kier molecular flexibility index (Phi) is 9.21. The van der Waals surface area contributed by atoms with Gasteiger partial charge in [-0.2, -0.15) is 13.2 Å². The molecular weight excluding hydrogens is 585 g/mol. The summed E-state index contributed by atoms with van der Waals surface area (Å²) in [5.74, 6) is -2.09. The summed E-state index contributed by atoms with van der Waals surface area (Å²) >= 11 is 3.50. The van der Waals surface area contributed by atoms with Gasteiger partial charge in [0.15, 0.2) is 0 Å². The Labute approximate surface area is 233 Å². The number of likely N-dealkylation sites (tertiary alicyclic amines) is 1. The van der Waals surface area contributed by atoms with Gasteiger partial charge in [-0.05, 0) is 37.0 Å². The molecule has 0 aliphatic carbocycles. The fourth-order valence-electron chi connectivity index (χ4n) is 4.97. The minimum absolute atomic E-state index is 0.0287. The summed E-state index contributed by atoms with van der Waals surface area (Å²) < 4.78 is 57.8. The van der Waals surface area contributed by atoms with E-state index in [0.717, 1.165) is 6.07 Å². The van der Waals surface area contributed by atoms with E-state index in [-0.39, 0.29) is 18.1 Å². The molecule has 0 radical (unpaired) electrons. The summed E-state index contributed by atoms with van der Waals surface area (Å²) in [7, 11) is 1.28. The molecule has 3 rings (SSSR count). The second-order valence-electron chi connectivity index (χ2n) is 10.6. The second-order valence-corrected chi connectivity index (χ2v) is 11.5. The van der Waals surface area contributed by atoms with Gasteiger partial charge in [0.2, 0.25) is 5.88 Å². The molecule has 0 bridgehead atoms. The average molecular weight is 617 g/mol. The van der Waals surface area contributed by atoms with Gasteiger partial charge in [-0.1, -0.05) is 54.9 Å². The van der Waals surface area contributed by atoms with Crippen molar-refractivity contribution in [2.75, 3.05) is 7.11 Å². The molecule has 1 aromatic carbocycles. The molecule has 0 saturated carbocycles. The van der Waals surface area contributed by atoms with Crippen LogP contribution in [0.15, 0.2) is 41.0 Å². The number of rotatable bonds is 7. The molecule has 1 saturated heterocycles. The Hall–Kier alpha value is -2.86. The minimum Gasteiger partial charge on any atom is -0.481 e. The van der Waals surface area contributed by atoms with Crippen LogP contribution in [0.4, 0.5) is 18.0 Å². The smallest absolute Gasteiger partial charge is 0.417 e. The molecule has 1 aliphatic rings. The number of aromatic nitrogens is 1. The topological polar surface area (TPSA) is 98.2 Å². The number of aliphatic carboxylic acids is 1. The predicted octanol–water partition coefficient (Wildman–Crippen LogP) is 6.47. The van der Waals surface area contributed by atoms with Crippen LogP contribution in [-0.4, -0.2) is 52.4 Å². The molecule has 1 fully saturated rings. The number of alkyl halides is 3. The minimum atomic E-state index is -4.64. The Bertz CT molecular complexity index is 1200. The third-order valence-corrected chi connectivity index (χ3v) is 7.23. The number of carbonyl (C=O) groups excluding carboxylic acids is 1. The zero-order chi connectivity index (χ0) is 29.3. The van der Waals surface area contributed by atoms with Gasteiger partial charge in [0.1, 0.15) is 6.04 Å². The fraction of sp³-hybridized carbons (Fsp3) is 0.519. The lowest BCUT2D eigenvalue weighted by Crippen LogP contribution is -2.47. The van der Waals surface area contributed by atoms with Gasteiger partial charge in [0.25, 0.3) is 0 Å². The zero-order valence-corrected chi connectivity index (χ0v) is 24.0.